The van der Waals surface area contributed by atoms with E-state index in [4.69, 9.17) is 0 Å². The van der Waals surface area contributed by atoms with E-state index in [-0.39, 0.29) is 16.1 Å². The summed E-state index contributed by atoms with van der Waals surface area (Å²) in [5.41, 5.74) is -0.281. The Balaban J connectivity index is 3.01. The Morgan fingerprint density at radius 1 is 1.05 bits per heavy atom. The Bertz CT molecular complexity index is 874. The Morgan fingerprint density at radius 3 is 2.00 bits per heavy atom. The molecule has 8 nitrogen and oxygen atoms in total. The molecule has 1 aromatic heterocycles. The van der Waals surface area contributed by atoms with Crippen molar-refractivity contribution in [1.82, 2.24) is 14.8 Å². The third kappa shape index (κ3) is 2.10. The highest BCUT2D eigenvalue weighted by molar-refractivity contribution is 7.86. The Morgan fingerprint density at radius 2 is 1.55 bits per heavy atom. The van der Waals surface area contributed by atoms with Crippen LogP contribution in [0.1, 0.15) is 16.7 Å². The largest absolute Gasteiger partial charge is 0.349 e. The summed E-state index contributed by atoms with van der Waals surface area (Å²) in [5, 5.41) is 4.24. The maximum atomic E-state index is 11.7. The van der Waals surface area contributed by atoms with E-state index in [1.165, 1.54) is 19.9 Å². The molecule has 0 atom stereocenters. The molecule has 0 radical (unpaired) electrons. The van der Waals surface area contributed by atoms with Crippen molar-refractivity contribution in [2.45, 2.75) is 25.7 Å². The van der Waals surface area contributed by atoms with Gasteiger partial charge in [-0.15, -0.1) is 0 Å². The fraction of sp³-hybridized carbons (Fsp3) is 0.273. The average Bonchev–Trinajstić information content (AvgIpc) is 2.58. The number of nitrogens with zero attached hydrogens (tertiary/aromatic N) is 1. The van der Waals surface area contributed by atoms with Crippen molar-refractivity contribution in [3.05, 3.63) is 43.7 Å². The molecular formula is C11H13N3O5S. The standard InChI is InChI=1S/C11H13N3O5S/c1-5-4-6(2)9(20(17,18)19)7(3)8(5)14-10(15)12-13-11(14)16/h4H,1-3H3,(H,12,15)(H,13,16)(H,17,18,19). The van der Waals surface area contributed by atoms with Gasteiger partial charge in [0, 0.05) is 0 Å². The number of rotatable bonds is 2. The molecule has 0 bridgehead atoms. The molecule has 0 aliphatic heterocycles. The highest BCUT2D eigenvalue weighted by Crippen LogP contribution is 2.27. The van der Waals surface area contributed by atoms with E-state index in [2.05, 4.69) is 10.2 Å². The van der Waals surface area contributed by atoms with E-state index in [1.807, 2.05) is 0 Å². The van der Waals surface area contributed by atoms with Crippen LogP contribution in [0.15, 0.2) is 20.6 Å². The van der Waals surface area contributed by atoms with Crippen molar-refractivity contribution in [3.63, 3.8) is 0 Å². The van der Waals surface area contributed by atoms with Crippen LogP contribution in [0.5, 0.6) is 0 Å². The lowest BCUT2D eigenvalue weighted by atomic mass is 10.0. The molecule has 0 aliphatic carbocycles. The summed E-state index contributed by atoms with van der Waals surface area (Å²) in [6.45, 7) is 4.59. The van der Waals surface area contributed by atoms with E-state index in [0.717, 1.165) is 4.57 Å². The summed E-state index contributed by atoms with van der Waals surface area (Å²) in [4.78, 5) is 23.0. The van der Waals surface area contributed by atoms with E-state index in [0.29, 0.717) is 11.1 Å². The van der Waals surface area contributed by atoms with Crippen molar-refractivity contribution in [1.29, 1.82) is 0 Å². The lowest BCUT2D eigenvalue weighted by Crippen LogP contribution is -2.27. The maximum Gasteiger partial charge on any atom is 0.349 e. The number of aromatic amines is 2. The Hall–Kier alpha value is -2.13. The fourth-order valence-electron chi connectivity index (χ4n) is 2.41. The first kappa shape index (κ1) is 14.3. The summed E-state index contributed by atoms with van der Waals surface area (Å²) in [5.74, 6) is 0. The smallest absolute Gasteiger partial charge is 0.282 e. The summed E-state index contributed by atoms with van der Waals surface area (Å²) >= 11 is 0. The molecule has 3 N–H and O–H groups in total. The van der Waals surface area contributed by atoms with E-state index >= 15 is 0 Å². The molecule has 9 heteroatoms. The van der Waals surface area contributed by atoms with Crippen molar-refractivity contribution in [2.24, 2.45) is 0 Å². The van der Waals surface area contributed by atoms with Gasteiger partial charge >= 0.3 is 11.4 Å². The van der Waals surface area contributed by atoms with Gasteiger partial charge in [0.25, 0.3) is 10.1 Å². The van der Waals surface area contributed by atoms with Gasteiger partial charge in [0.05, 0.1) is 5.69 Å². The minimum absolute atomic E-state index is 0.135. The van der Waals surface area contributed by atoms with Gasteiger partial charge in [-0.3, -0.25) is 4.55 Å². The molecule has 0 spiro atoms. The predicted octanol–water partition coefficient (Wildman–Crippen LogP) is 0.0259. The molecule has 0 amide bonds. The first-order chi connectivity index (χ1) is 9.14. The van der Waals surface area contributed by atoms with Crippen LogP contribution in [0.2, 0.25) is 0 Å². The van der Waals surface area contributed by atoms with Crippen molar-refractivity contribution in [2.75, 3.05) is 0 Å². The molecule has 0 aliphatic rings. The first-order valence-corrected chi connectivity index (χ1v) is 7.07. The minimum atomic E-state index is -4.46. The maximum absolute atomic E-state index is 11.7. The van der Waals surface area contributed by atoms with Crippen LogP contribution in [0.25, 0.3) is 5.69 Å². The number of aromatic nitrogens is 3. The predicted molar refractivity (Wildman–Crippen MR) is 71.0 cm³/mol. The van der Waals surface area contributed by atoms with Crippen LogP contribution < -0.4 is 11.4 Å². The molecule has 1 heterocycles. The topological polar surface area (TPSA) is 125 Å². The Kier molecular flexibility index (Phi) is 3.18. The number of H-pyrrole nitrogens is 2. The van der Waals surface area contributed by atoms with Crippen LogP contribution in [-0.4, -0.2) is 27.7 Å². The van der Waals surface area contributed by atoms with Gasteiger partial charge in [0.1, 0.15) is 4.90 Å². The number of hydrogen-bond donors (Lipinski definition) is 3. The molecule has 1 aromatic carbocycles. The quantitative estimate of drug-likeness (QED) is 0.674. The van der Waals surface area contributed by atoms with E-state index in [1.54, 1.807) is 6.92 Å². The lowest BCUT2D eigenvalue weighted by Gasteiger charge is -2.14. The number of nitrogens with one attached hydrogen (secondary N) is 2. The summed E-state index contributed by atoms with van der Waals surface area (Å²) < 4.78 is 33.0. The lowest BCUT2D eigenvalue weighted by molar-refractivity contribution is 0.482. The van der Waals surface area contributed by atoms with Gasteiger partial charge < -0.3 is 0 Å². The van der Waals surface area contributed by atoms with Crippen molar-refractivity contribution in [3.8, 4) is 5.69 Å². The Labute approximate surface area is 113 Å². The van der Waals surface area contributed by atoms with Crippen LogP contribution in [0.3, 0.4) is 0 Å². The zero-order valence-corrected chi connectivity index (χ0v) is 11.8. The van der Waals surface area contributed by atoms with Crippen molar-refractivity contribution >= 4 is 10.1 Å². The van der Waals surface area contributed by atoms with Crippen LogP contribution in [-0.2, 0) is 10.1 Å². The summed E-state index contributed by atoms with van der Waals surface area (Å²) in [6.07, 6.45) is 0. The molecule has 108 valence electrons. The second kappa shape index (κ2) is 4.46. The zero-order chi connectivity index (χ0) is 15.2. The molecule has 2 rings (SSSR count). The van der Waals surface area contributed by atoms with Gasteiger partial charge in [-0.25, -0.2) is 24.4 Å². The highest BCUT2D eigenvalue weighted by Gasteiger charge is 2.23. The molecule has 0 saturated carbocycles. The second-order valence-corrected chi connectivity index (χ2v) is 5.84. The molecule has 2 aromatic rings. The molecule has 0 unspecified atom stereocenters. The van der Waals surface area contributed by atoms with Gasteiger partial charge in [-0.2, -0.15) is 8.42 Å². The third-order valence-electron chi connectivity index (χ3n) is 3.02. The third-order valence-corrected chi connectivity index (χ3v) is 4.17. The minimum Gasteiger partial charge on any atom is -0.282 e. The SMILES string of the molecule is Cc1cc(C)c(S(=O)(=O)O)c(C)c1-n1c(=O)[nH][nH]c1=O. The van der Waals surface area contributed by atoms with Crippen LogP contribution >= 0.6 is 0 Å². The average molecular weight is 299 g/mol. The summed E-state index contributed by atoms with van der Waals surface area (Å²) in [6, 6.07) is 1.49. The van der Waals surface area contributed by atoms with E-state index < -0.39 is 21.5 Å². The normalized spacial score (nSPS) is 11.8. The molecular weight excluding hydrogens is 286 g/mol. The second-order valence-electron chi connectivity index (χ2n) is 4.48. The number of aryl methyl sites for hydroxylation is 2. The molecule has 0 saturated heterocycles. The van der Waals surface area contributed by atoms with Crippen LogP contribution in [0.4, 0.5) is 0 Å². The van der Waals surface area contributed by atoms with Gasteiger partial charge in [-0.1, -0.05) is 6.07 Å². The number of benzene rings is 1. The monoisotopic (exact) mass is 299 g/mol. The molecule has 0 fully saturated rings. The zero-order valence-electron chi connectivity index (χ0n) is 11.0. The fourth-order valence-corrected chi connectivity index (χ4v) is 3.36. The highest BCUT2D eigenvalue weighted by atomic mass is 32.2. The number of hydrogen-bond acceptors (Lipinski definition) is 4. The van der Waals surface area contributed by atoms with Crippen molar-refractivity contribution < 1.29 is 13.0 Å². The van der Waals surface area contributed by atoms with Crippen LogP contribution in [0, 0.1) is 20.8 Å². The molecule has 20 heavy (non-hydrogen) atoms. The van der Waals surface area contributed by atoms with Gasteiger partial charge in [0.2, 0.25) is 0 Å². The van der Waals surface area contributed by atoms with Gasteiger partial charge in [-0.05, 0) is 37.5 Å². The van der Waals surface area contributed by atoms with Gasteiger partial charge in [0.15, 0.2) is 0 Å². The summed E-state index contributed by atoms with van der Waals surface area (Å²) in [7, 11) is -4.46. The van der Waals surface area contributed by atoms with E-state index in [9.17, 15) is 22.6 Å². The first-order valence-electron chi connectivity index (χ1n) is 5.63.